The smallest absolute Gasteiger partial charge is 0.00970 e. The van der Waals surface area contributed by atoms with Crippen molar-refractivity contribution in [3.05, 3.63) is 82.7 Å². The highest BCUT2D eigenvalue weighted by molar-refractivity contribution is 7.74. The summed E-state index contributed by atoms with van der Waals surface area (Å²) in [6.07, 6.45) is 6.03. The molecule has 0 N–H and O–H groups in total. The van der Waals surface area contributed by atoms with E-state index in [1.54, 1.807) is 10.9 Å². The van der Waals surface area contributed by atoms with Crippen molar-refractivity contribution in [3.63, 3.8) is 0 Å². The van der Waals surface area contributed by atoms with Crippen molar-refractivity contribution < 1.29 is 0 Å². The highest BCUT2D eigenvalue weighted by Crippen LogP contribution is 2.68. The molecule has 31 heavy (non-hydrogen) atoms. The normalized spacial score (nSPS) is 16.0. The first-order chi connectivity index (χ1) is 14.4. The molecule has 0 radical (unpaired) electrons. The molecule has 1 aliphatic carbocycles. The third-order valence-electron chi connectivity index (χ3n) is 6.14. The zero-order chi connectivity index (χ0) is 23.0. The summed E-state index contributed by atoms with van der Waals surface area (Å²) < 4.78 is 0. The number of rotatable bonds is 5. The molecule has 0 nitrogen and oxygen atoms in total. The van der Waals surface area contributed by atoms with E-state index >= 15 is 0 Å². The Hall–Kier alpha value is -1.22. The maximum absolute atomic E-state index is 2.49. The van der Waals surface area contributed by atoms with Crippen molar-refractivity contribution >= 4 is 26.5 Å². The van der Waals surface area contributed by atoms with Gasteiger partial charge in [0.15, 0.2) is 0 Å². The molecule has 2 aromatic carbocycles. The van der Waals surface area contributed by atoms with Crippen molar-refractivity contribution in [2.45, 2.75) is 84.7 Å². The first-order valence-corrected chi connectivity index (χ1v) is 14.3. The molecule has 0 amide bonds. The summed E-state index contributed by atoms with van der Waals surface area (Å²) in [5, 5.41) is 5.39. The zero-order valence-corrected chi connectivity index (χ0v) is 22.7. The Morgan fingerprint density at radius 3 is 1.61 bits per heavy atom. The molecule has 0 heterocycles. The zero-order valence-electron chi connectivity index (χ0n) is 21.0. The van der Waals surface area contributed by atoms with Crippen LogP contribution < -0.4 is 10.6 Å². The second-order valence-electron chi connectivity index (χ2n) is 10.8. The molecule has 166 valence electrons. The number of hydrogen-bond donors (Lipinski definition) is 0. The van der Waals surface area contributed by atoms with Crippen LogP contribution >= 0.6 is 15.8 Å². The first-order valence-electron chi connectivity index (χ1n) is 11.5. The van der Waals surface area contributed by atoms with Gasteiger partial charge in [-0.2, -0.15) is 0 Å². The van der Waals surface area contributed by atoms with E-state index in [4.69, 9.17) is 0 Å². The molecule has 0 saturated heterocycles. The van der Waals surface area contributed by atoms with Gasteiger partial charge in [0.1, 0.15) is 0 Å². The summed E-state index contributed by atoms with van der Waals surface area (Å²) in [6.45, 7) is 21.7. The topological polar surface area (TPSA) is 0 Å². The lowest BCUT2D eigenvalue weighted by atomic mass is 10.2. The maximum Gasteiger partial charge on any atom is 0.00970 e. The summed E-state index contributed by atoms with van der Waals surface area (Å²) in [5.41, 5.74) is 4.96. The third kappa shape index (κ3) is 5.24. The van der Waals surface area contributed by atoms with Gasteiger partial charge in [-0.05, 0) is 71.1 Å². The van der Waals surface area contributed by atoms with E-state index in [9.17, 15) is 0 Å². The average Bonchev–Trinajstić information content (AvgIpc) is 3.11. The molecule has 0 aliphatic heterocycles. The molecule has 0 spiro atoms. The maximum atomic E-state index is 2.49. The predicted molar refractivity (Wildman–Crippen MR) is 145 cm³/mol. The summed E-state index contributed by atoms with van der Waals surface area (Å²) >= 11 is 0. The lowest BCUT2D eigenvalue weighted by Gasteiger charge is -2.44. The van der Waals surface area contributed by atoms with Gasteiger partial charge in [-0.15, -0.1) is 0 Å². The number of hydrogen-bond acceptors (Lipinski definition) is 0. The monoisotopic (exact) mass is 450 g/mol. The molecule has 0 fully saturated rings. The molecule has 1 aliphatic rings. The van der Waals surface area contributed by atoms with Crippen LogP contribution in [0.5, 0.6) is 0 Å². The molecule has 0 bridgehead atoms. The van der Waals surface area contributed by atoms with E-state index in [1.165, 1.54) is 21.7 Å². The Kier molecular flexibility index (Phi) is 7.35. The van der Waals surface area contributed by atoms with E-state index in [0.717, 1.165) is 6.42 Å². The van der Waals surface area contributed by atoms with Crippen molar-refractivity contribution in [3.8, 4) is 0 Å². The Labute approximate surface area is 193 Å². The Morgan fingerprint density at radius 1 is 0.742 bits per heavy atom. The second-order valence-corrected chi connectivity index (χ2v) is 17.2. The van der Waals surface area contributed by atoms with Crippen molar-refractivity contribution in [1.29, 1.82) is 0 Å². The van der Waals surface area contributed by atoms with Crippen molar-refractivity contribution in [2.24, 2.45) is 0 Å². The molecule has 0 saturated carbocycles. The highest BCUT2D eigenvalue weighted by Gasteiger charge is 2.40. The Morgan fingerprint density at radius 2 is 1.19 bits per heavy atom. The van der Waals surface area contributed by atoms with Crippen LogP contribution in [0.4, 0.5) is 0 Å². The Bertz CT molecular complexity index is 923. The van der Waals surface area contributed by atoms with Crippen LogP contribution in [-0.2, 0) is 0 Å². The molecule has 2 aromatic rings. The number of allylic oxidation sites excluding steroid dienone is 4. The van der Waals surface area contributed by atoms with Gasteiger partial charge in [0.05, 0.1) is 0 Å². The van der Waals surface area contributed by atoms with E-state index in [0.29, 0.717) is 16.0 Å². The fourth-order valence-electron chi connectivity index (χ4n) is 5.28. The fourth-order valence-corrected chi connectivity index (χ4v) is 12.8. The molecule has 2 heteroatoms. The lowest BCUT2D eigenvalue weighted by Crippen LogP contribution is -2.28. The minimum atomic E-state index is -0.487. The van der Waals surface area contributed by atoms with Crippen LogP contribution in [0.2, 0.25) is 0 Å². The number of aryl methyl sites for hydroxylation is 2. The van der Waals surface area contributed by atoms with Crippen molar-refractivity contribution in [1.82, 2.24) is 0 Å². The van der Waals surface area contributed by atoms with Gasteiger partial charge in [0.2, 0.25) is 0 Å². The molecule has 0 aromatic heterocycles. The van der Waals surface area contributed by atoms with Gasteiger partial charge < -0.3 is 0 Å². The minimum Gasteiger partial charge on any atom is -0.0798 e. The largest absolute Gasteiger partial charge is 0.0798 e. The molecule has 1 unspecified atom stereocenters. The SMILES string of the molecule is Cc1ccccc1P(c1ccccc1C)C(C)C1=C(P(C(C)(C)C)C(C)(C)C)CC=C1. The van der Waals surface area contributed by atoms with E-state index in [-0.39, 0.29) is 7.92 Å². The minimum absolute atomic E-state index is 0.266. The standard InChI is InChI=1S/C29H40P2/c1-21-15-10-12-18-25(21)30(26-19-13-11-16-22(26)2)23(3)24-17-14-20-27(24)31(28(4,5)6)29(7,8)9/h10-19,23H,20H2,1-9H3. The highest BCUT2D eigenvalue weighted by atomic mass is 31.1. The van der Waals surface area contributed by atoms with Crippen LogP contribution in [-0.4, -0.2) is 16.0 Å². The summed E-state index contributed by atoms with van der Waals surface area (Å²) in [6, 6.07) is 18.1. The summed E-state index contributed by atoms with van der Waals surface area (Å²) in [4.78, 5) is 0. The van der Waals surface area contributed by atoms with Gasteiger partial charge in [-0.25, -0.2) is 0 Å². The van der Waals surface area contributed by atoms with E-state index in [1.807, 2.05) is 0 Å². The van der Waals surface area contributed by atoms with Crippen LogP contribution in [0, 0.1) is 13.8 Å². The van der Waals surface area contributed by atoms with Gasteiger partial charge in [-0.1, -0.05) is 117 Å². The Balaban J connectivity index is 2.20. The summed E-state index contributed by atoms with van der Waals surface area (Å²) in [5.74, 6) is 0. The van der Waals surface area contributed by atoms with Gasteiger partial charge in [0, 0.05) is 5.66 Å². The quantitative estimate of drug-likeness (QED) is 0.401. The molecular weight excluding hydrogens is 410 g/mol. The van der Waals surface area contributed by atoms with Gasteiger partial charge in [0.25, 0.3) is 0 Å². The van der Waals surface area contributed by atoms with E-state index in [2.05, 4.69) is 123 Å². The van der Waals surface area contributed by atoms with Crippen LogP contribution in [0.1, 0.15) is 66.0 Å². The number of benzene rings is 2. The second kappa shape index (κ2) is 9.33. The predicted octanol–water partition coefficient (Wildman–Crippen LogP) is 8.42. The lowest BCUT2D eigenvalue weighted by molar-refractivity contribution is 0.709. The average molecular weight is 451 g/mol. The van der Waals surface area contributed by atoms with Crippen molar-refractivity contribution in [2.75, 3.05) is 0 Å². The van der Waals surface area contributed by atoms with Gasteiger partial charge >= 0.3 is 0 Å². The fraction of sp³-hybridized carbons (Fsp3) is 0.448. The van der Waals surface area contributed by atoms with Crippen LogP contribution in [0.25, 0.3) is 0 Å². The van der Waals surface area contributed by atoms with Crippen LogP contribution in [0.3, 0.4) is 0 Å². The summed E-state index contributed by atoms with van der Waals surface area (Å²) in [7, 11) is -0.753. The third-order valence-corrected chi connectivity index (χ3v) is 12.9. The van der Waals surface area contributed by atoms with E-state index < -0.39 is 7.92 Å². The molecular formula is C29H40P2. The van der Waals surface area contributed by atoms with Crippen LogP contribution in [0.15, 0.2) is 71.6 Å². The first kappa shape index (κ1) is 24.4. The molecule has 1 atom stereocenters. The van der Waals surface area contributed by atoms with Gasteiger partial charge in [-0.3, -0.25) is 0 Å². The molecule has 3 rings (SSSR count).